The van der Waals surface area contributed by atoms with Crippen LogP contribution in [0.15, 0.2) is 47.6 Å². The lowest BCUT2D eigenvalue weighted by molar-refractivity contribution is 0.0516. The van der Waals surface area contributed by atoms with Crippen LogP contribution in [0.1, 0.15) is 38.4 Å². The number of aryl methyl sites for hydroxylation is 1. The van der Waals surface area contributed by atoms with Crippen molar-refractivity contribution in [2.24, 2.45) is 10.9 Å². The van der Waals surface area contributed by atoms with Crippen molar-refractivity contribution in [3.8, 4) is 0 Å². The number of halogens is 1. The highest BCUT2D eigenvalue weighted by Gasteiger charge is 2.12. The normalized spacial score (nSPS) is 11.5. The molecule has 0 saturated heterocycles. The first-order valence-electron chi connectivity index (χ1n) is 8.96. The van der Waals surface area contributed by atoms with E-state index in [2.05, 4.69) is 10.3 Å². The lowest BCUT2D eigenvalue weighted by Gasteiger charge is -2.07. The number of aromatic nitrogens is 2. The van der Waals surface area contributed by atoms with Crippen LogP contribution in [0.5, 0.6) is 0 Å². The summed E-state index contributed by atoms with van der Waals surface area (Å²) in [5, 5.41) is 8.82. The minimum atomic E-state index is -0.602. The van der Waals surface area contributed by atoms with Gasteiger partial charge in [-0.3, -0.25) is 4.68 Å². The zero-order valence-corrected chi connectivity index (χ0v) is 17.2. The van der Waals surface area contributed by atoms with Crippen molar-refractivity contribution >= 4 is 29.1 Å². The zero-order valence-electron chi connectivity index (χ0n) is 16.4. The number of rotatable bonds is 5. The van der Waals surface area contributed by atoms with E-state index in [1.165, 1.54) is 0 Å². The van der Waals surface area contributed by atoms with Gasteiger partial charge < -0.3 is 16.3 Å². The number of oxime groups is 1. The second kappa shape index (κ2) is 8.36. The van der Waals surface area contributed by atoms with Crippen molar-refractivity contribution in [2.45, 2.75) is 27.3 Å². The third-order valence-corrected chi connectivity index (χ3v) is 5.24. The monoisotopic (exact) mass is 411 g/mol. The third kappa shape index (κ3) is 4.41. The van der Waals surface area contributed by atoms with Crippen molar-refractivity contribution in [2.75, 3.05) is 5.73 Å². The van der Waals surface area contributed by atoms with E-state index >= 15 is 0 Å². The van der Waals surface area contributed by atoms with Crippen LogP contribution in [-0.4, -0.2) is 21.6 Å². The highest BCUT2D eigenvalue weighted by atomic mass is 35.5. The van der Waals surface area contributed by atoms with Crippen molar-refractivity contribution in [1.29, 1.82) is 0 Å². The minimum absolute atomic E-state index is 0.0844. The van der Waals surface area contributed by atoms with E-state index in [0.29, 0.717) is 28.4 Å². The number of amidine groups is 1. The van der Waals surface area contributed by atoms with Gasteiger partial charge in [-0.15, -0.1) is 0 Å². The molecule has 0 radical (unpaired) electrons. The Balaban J connectivity index is 1.68. The van der Waals surface area contributed by atoms with Gasteiger partial charge in [-0.2, -0.15) is 5.10 Å². The SMILES string of the molecule is Cc1nn(Cc2ccc(C(=O)O/N=C(\N)c3cccc(N)c3C)cc2)c(C)c1Cl. The first-order chi connectivity index (χ1) is 13.8. The van der Waals surface area contributed by atoms with E-state index in [9.17, 15) is 4.79 Å². The second-order valence-electron chi connectivity index (χ2n) is 6.71. The Morgan fingerprint density at radius 2 is 1.86 bits per heavy atom. The highest BCUT2D eigenvalue weighted by molar-refractivity contribution is 6.31. The van der Waals surface area contributed by atoms with Crippen LogP contribution in [0.2, 0.25) is 5.02 Å². The van der Waals surface area contributed by atoms with Crippen molar-refractivity contribution in [1.82, 2.24) is 9.78 Å². The maximum absolute atomic E-state index is 12.3. The number of hydrogen-bond donors (Lipinski definition) is 2. The molecule has 0 aliphatic rings. The molecular formula is C21H22ClN5O2. The number of carbonyl (C=O) groups is 1. The lowest BCUT2D eigenvalue weighted by Crippen LogP contribution is -2.17. The van der Waals surface area contributed by atoms with Crippen LogP contribution in [0.4, 0.5) is 5.69 Å². The summed E-state index contributed by atoms with van der Waals surface area (Å²) >= 11 is 6.18. The van der Waals surface area contributed by atoms with E-state index in [1.807, 2.05) is 37.6 Å². The van der Waals surface area contributed by atoms with Crippen LogP contribution in [0, 0.1) is 20.8 Å². The Bertz CT molecular complexity index is 1090. The van der Waals surface area contributed by atoms with Gasteiger partial charge >= 0.3 is 5.97 Å². The standard InChI is InChI=1S/C21H22ClN5O2/c1-12-17(5-4-6-18(12)23)20(24)26-29-21(28)16-9-7-15(8-10-16)11-27-14(3)19(22)13(2)25-27/h4-10H,11,23H2,1-3H3,(H2,24,26). The Hall–Kier alpha value is -3.32. The fourth-order valence-electron chi connectivity index (χ4n) is 2.87. The minimum Gasteiger partial charge on any atom is -0.398 e. The zero-order chi connectivity index (χ0) is 21.1. The highest BCUT2D eigenvalue weighted by Crippen LogP contribution is 2.20. The molecule has 0 amide bonds. The van der Waals surface area contributed by atoms with Crippen LogP contribution in [-0.2, 0) is 11.4 Å². The van der Waals surface area contributed by atoms with E-state index < -0.39 is 5.97 Å². The number of nitrogen functional groups attached to an aromatic ring is 1. The smallest absolute Gasteiger partial charge is 0.365 e. The summed E-state index contributed by atoms with van der Waals surface area (Å²) in [5.74, 6) is -0.517. The van der Waals surface area contributed by atoms with Crippen LogP contribution in [0.3, 0.4) is 0 Å². The van der Waals surface area contributed by atoms with Gasteiger partial charge in [0.15, 0.2) is 5.84 Å². The molecule has 3 rings (SSSR count). The Morgan fingerprint density at radius 1 is 1.17 bits per heavy atom. The van der Waals surface area contributed by atoms with Gasteiger partial charge in [0.2, 0.25) is 0 Å². The molecule has 1 aromatic heterocycles. The molecule has 4 N–H and O–H groups in total. The molecule has 0 atom stereocenters. The molecule has 2 aromatic carbocycles. The fraction of sp³-hybridized carbons (Fsp3) is 0.190. The average molecular weight is 412 g/mol. The van der Waals surface area contributed by atoms with Gasteiger partial charge in [0, 0.05) is 11.3 Å². The van der Waals surface area contributed by atoms with Crippen molar-refractivity contribution in [3.05, 3.63) is 81.1 Å². The van der Waals surface area contributed by atoms with Crippen molar-refractivity contribution < 1.29 is 9.63 Å². The number of hydrogen-bond acceptors (Lipinski definition) is 5. The molecule has 0 bridgehead atoms. The molecule has 0 saturated carbocycles. The fourth-order valence-corrected chi connectivity index (χ4v) is 3.01. The molecule has 8 heteroatoms. The van der Waals surface area contributed by atoms with Gasteiger partial charge in [-0.1, -0.05) is 41.0 Å². The Kier molecular flexibility index (Phi) is 5.89. The molecule has 29 heavy (non-hydrogen) atoms. The van der Waals surface area contributed by atoms with Crippen molar-refractivity contribution in [3.63, 3.8) is 0 Å². The molecule has 0 aliphatic heterocycles. The maximum Gasteiger partial charge on any atom is 0.365 e. The van der Waals surface area contributed by atoms with E-state index in [-0.39, 0.29) is 5.84 Å². The number of nitrogens with zero attached hydrogens (tertiary/aromatic N) is 3. The number of nitrogens with two attached hydrogens (primary N) is 2. The van der Waals surface area contributed by atoms with Gasteiger partial charge in [0.25, 0.3) is 0 Å². The summed E-state index contributed by atoms with van der Waals surface area (Å²) in [7, 11) is 0. The number of carbonyl (C=O) groups excluding carboxylic acids is 1. The summed E-state index contributed by atoms with van der Waals surface area (Å²) in [5.41, 5.74) is 16.8. The lowest BCUT2D eigenvalue weighted by atomic mass is 10.1. The Morgan fingerprint density at radius 3 is 2.48 bits per heavy atom. The van der Waals surface area contributed by atoms with E-state index in [0.717, 1.165) is 22.5 Å². The first kappa shape index (κ1) is 20.4. The first-order valence-corrected chi connectivity index (χ1v) is 9.34. The van der Waals surface area contributed by atoms with Gasteiger partial charge in [0.05, 0.1) is 28.5 Å². The predicted octanol–water partition coefficient (Wildman–Crippen LogP) is 3.57. The average Bonchev–Trinajstić information content (AvgIpc) is 2.95. The summed E-state index contributed by atoms with van der Waals surface area (Å²) in [6.07, 6.45) is 0. The van der Waals surface area contributed by atoms with Gasteiger partial charge in [-0.05, 0) is 50.1 Å². The molecular weight excluding hydrogens is 390 g/mol. The Labute approximate surface area is 173 Å². The van der Waals surface area contributed by atoms with Gasteiger partial charge in [-0.25, -0.2) is 4.79 Å². The molecule has 7 nitrogen and oxygen atoms in total. The summed E-state index contributed by atoms with van der Waals surface area (Å²) in [6, 6.07) is 12.3. The largest absolute Gasteiger partial charge is 0.398 e. The molecule has 150 valence electrons. The molecule has 0 spiro atoms. The molecule has 3 aromatic rings. The van der Waals surface area contributed by atoms with Crippen LogP contribution in [0.25, 0.3) is 0 Å². The molecule has 0 unspecified atom stereocenters. The van der Waals surface area contributed by atoms with Gasteiger partial charge in [0.1, 0.15) is 0 Å². The molecule has 1 heterocycles. The number of benzene rings is 2. The van der Waals surface area contributed by atoms with E-state index in [1.54, 1.807) is 30.3 Å². The second-order valence-corrected chi connectivity index (χ2v) is 7.09. The maximum atomic E-state index is 12.3. The third-order valence-electron chi connectivity index (χ3n) is 4.69. The molecule has 0 aliphatic carbocycles. The van der Waals surface area contributed by atoms with Crippen LogP contribution < -0.4 is 11.5 Å². The van der Waals surface area contributed by atoms with Crippen LogP contribution >= 0.6 is 11.6 Å². The topological polar surface area (TPSA) is 109 Å². The molecule has 0 fully saturated rings. The summed E-state index contributed by atoms with van der Waals surface area (Å²) in [4.78, 5) is 17.2. The summed E-state index contributed by atoms with van der Waals surface area (Å²) < 4.78 is 1.82. The summed E-state index contributed by atoms with van der Waals surface area (Å²) in [6.45, 7) is 6.15. The predicted molar refractivity (Wildman–Crippen MR) is 114 cm³/mol. The van der Waals surface area contributed by atoms with E-state index in [4.69, 9.17) is 27.9 Å². The quantitative estimate of drug-likeness (QED) is 0.219. The number of anilines is 1.